The van der Waals surface area contributed by atoms with Crippen molar-refractivity contribution in [3.05, 3.63) is 56.1 Å². The summed E-state index contributed by atoms with van der Waals surface area (Å²) in [4.78, 5) is 28.7. The number of carbonyl (C=O) groups is 2. The van der Waals surface area contributed by atoms with Gasteiger partial charge in [-0.15, -0.1) is 23.1 Å². The zero-order valence-corrected chi connectivity index (χ0v) is 15.9. The quantitative estimate of drug-likeness (QED) is 0.692. The number of benzene rings is 1. The molecule has 0 fully saturated rings. The summed E-state index contributed by atoms with van der Waals surface area (Å²) in [7, 11) is 0. The summed E-state index contributed by atoms with van der Waals surface area (Å²) < 4.78 is 0. The Kier molecular flexibility index (Phi) is 4.85. The predicted molar refractivity (Wildman–Crippen MR) is 103 cm³/mol. The number of imide groups is 1. The van der Waals surface area contributed by atoms with Gasteiger partial charge in [-0.25, -0.2) is 4.90 Å². The van der Waals surface area contributed by atoms with Gasteiger partial charge in [0, 0.05) is 15.1 Å². The summed E-state index contributed by atoms with van der Waals surface area (Å²) in [6.07, 6.45) is 0. The standard InChI is InChI=1S/C18H16ClNO2S2/c1-10(2)24-16-15(14-8-5-9-23-14)17(21)20(18(16)22)13-7-4-6-12(19)11(13)3/h4-10H,1-3H3. The third-order valence-electron chi connectivity index (χ3n) is 3.64. The summed E-state index contributed by atoms with van der Waals surface area (Å²) in [5.41, 5.74) is 1.76. The Morgan fingerprint density at radius 1 is 1.12 bits per heavy atom. The number of anilines is 1. The molecule has 1 aromatic carbocycles. The lowest BCUT2D eigenvalue weighted by atomic mass is 10.1. The van der Waals surface area contributed by atoms with Crippen LogP contribution in [0.5, 0.6) is 0 Å². The second kappa shape index (κ2) is 6.75. The fraction of sp³-hybridized carbons (Fsp3) is 0.222. The fourth-order valence-electron chi connectivity index (χ4n) is 2.55. The lowest BCUT2D eigenvalue weighted by Crippen LogP contribution is -2.32. The smallest absolute Gasteiger partial charge is 0.268 e. The van der Waals surface area contributed by atoms with Crippen LogP contribution >= 0.6 is 34.7 Å². The van der Waals surface area contributed by atoms with E-state index in [4.69, 9.17) is 11.6 Å². The minimum absolute atomic E-state index is 0.201. The molecule has 1 aliphatic rings. The van der Waals surface area contributed by atoms with Gasteiger partial charge in [0.15, 0.2) is 0 Å². The number of halogens is 1. The molecule has 1 aromatic heterocycles. The van der Waals surface area contributed by atoms with E-state index in [-0.39, 0.29) is 17.1 Å². The maximum Gasteiger partial charge on any atom is 0.272 e. The molecule has 0 atom stereocenters. The van der Waals surface area contributed by atoms with Crippen LogP contribution < -0.4 is 4.90 Å². The Balaban J connectivity index is 2.13. The van der Waals surface area contributed by atoms with Crippen LogP contribution in [0.4, 0.5) is 5.69 Å². The lowest BCUT2D eigenvalue weighted by molar-refractivity contribution is -0.119. The highest BCUT2D eigenvalue weighted by Gasteiger charge is 2.41. The summed E-state index contributed by atoms with van der Waals surface area (Å²) in [6.45, 7) is 5.83. The topological polar surface area (TPSA) is 37.4 Å². The number of amides is 2. The average molecular weight is 378 g/mol. The molecule has 0 N–H and O–H groups in total. The van der Waals surface area contributed by atoms with Crippen molar-refractivity contribution < 1.29 is 9.59 Å². The van der Waals surface area contributed by atoms with Gasteiger partial charge in [0.25, 0.3) is 11.8 Å². The van der Waals surface area contributed by atoms with E-state index in [1.807, 2.05) is 38.3 Å². The van der Waals surface area contributed by atoms with Crippen molar-refractivity contribution >= 4 is 57.8 Å². The molecule has 24 heavy (non-hydrogen) atoms. The summed E-state index contributed by atoms with van der Waals surface area (Å²) >= 11 is 9.07. The van der Waals surface area contributed by atoms with E-state index in [1.165, 1.54) is 28.0 Å². The average Bonchev–Trinajstić information content (AvgIpc) is 3.11. The van der Waals surface area contributed by atoms with Gasteiger partial charge in [-0.05, 0) is 36.1 Å². The zero-order valence-electron chi connectivity index (χ0n) is 13.5. The molecule has 0 saturated carbocycles. The molecule has 3 rings (SSSR count). The molecule has 1 aliphatic heterocycles. The monoisotopic (exact) mass is 377 g/mol. The van der Waals surface area contributed by atoms with Crippen LogP contribution in [0.1, 0.15) is 24.3 Å². The first-order chi connectivity index (χ1) is 11.4. The van der Waals surface area contributed by atoms with Gasteiger partial charge in [-0.3, -0.25) is 9.59 Å². The molecule has 2 aromatic rings. The first kappa shape index (κ1) is 17.3. The first-order valence-corrected chi connectivity index (χ1v) is 9.64. The normalized spacial score (nSPS) is 15.1. The SMILES string of the molecule is Cc1c(Cl)cccc1N1C(=O)C(SC(C)C)=C(c2cccs2)C1=O. The second-order valence-corrected chi connectivity index (χ2v) is 8.62. The van der Waals surface area contributed by atoms with Crippen LogP contribution in [0, 0.1) is 6.92 Å². The van der Waals surface area contributed by atoms with Crippen molar-refractivity contribution in [1.82, 2.24) is 0 Å². The van der Waals surface area contributed by atoms with E-state index in [9.17, 15) is 9.59 Å². The molecule has 2 amide bonds. The molecule has 3 nitrogen and oxygen atoms in total. The van der Waals surface area contributed by atoms with Gasteiger partial charge in [-0.1, -0.05) is 37.6 Å². The summed E-state index contributed by atoms with van der Waals surface area (Å²) in [5, 5.41) is 2.65. The lowest BCUT2D eigenvalue weighted by Gasteiger charge is -2.18. The Hall–Kier alpha value is -1.56. The molecular formula is C18H16ClNO2S2. The van der Waals surface area contributed by atoms with Crippen LogP contribution in [-0.2, 0) is 9.59 Å². The number of hydrogen-bond donors (Lipinski definition) is 0. The van der Waals surface area contributed by atoms with Gasteiger partial charge in [0.1, 0.15) is 0 Å². The molecule has 2 heterocycles. The Morgan fingerprint density at radius 2 is 1.88 bits per heavy atom. The van der Waals surface area contributed by atoms with Gasteiger partial charge in [0.05, 0.1) is 16.2 Å². The van der Waals surface area contributed by atoms with Gasteiger partial charge < -0.3 is 0 Å². The Labute approximate surface area is 154 Å². The molecule has 0 unspecified atom stereocenters. The Bertz CT molecular complexity index is 841. The molecular weight excluding hydrogens is 362 g/mol. The van der Waals surface area contributed by atoms with Crippen molar-refractivity contribution in [3.8, 4) is 0 Å². The largest absolute Gasteiger partial charge is 0.272 e. The highest BCUT2D eigenvalue weighted by Crippen LogP contribution is 2.42. The van der Waals surface area contributed by atoms with E-state index in [0.717, 1.165) is 10.4 Å². The van der Waals surface area contributed by atoms with Crippen LogP contribution in [0.15, 0.2) is 40.6 Å². The first-order valence-electron chi connectivity index (χ1n) is 7.50. The number of nitrogens with zero attached hydrogens (tertiary/aromatic N) is 1. The van der Waals surface area contributed by atoms with E-state index in [0.29, 0.717) is 21.2 Å². The van der Waals surface area contributed by atoms with Gasteiger partial charge >= 0.3 is 0 Å². The predicted octanol–water partition coefficient (Wildman–Crippen LogP) is 5.14. The fourth-order valence-corrected chi connectivity index (χ4v) is 4.53. The molecule has 0 bridgehead atoms. The van der Waals surface area contributed by atoms with E-state index in [1.54, 1.807) is 18.2 Å². The molecule has 6 heteroatoms. The number of carbonyl (C=O) groups excluding carboxylic acids is 2. The van der Waals surface area contributed by atoms with Crippen LogP contribution in [0.25, 0.3) is 5.57 Å². The van der Waals surface area contributed by atoms with Crippen molar-refractivity contribution in [2.75, 3.05) is 4.90 Å². The molecule has 0 saturated heterocycles. The minimum Gasteiger partial charge on any atom is -0.268 e. The van der Waals surface area contributed by atoms with Crippen LogP contribution in [-0.4, -0.2) is 17.1 Å². The molecule has 0 aliphatic carbocycles. The van der Waals surface area contributed by atoms with E-state index >= 15 is 0 Å². The third-order valence-corrected chi connectivity index (χ3v) is 6.03. The number of thioether (sulfide) groups is 1. The highest BCUT2D eigenvalue weighted by atomic mass is 35.5. The Morgan fingerprint density at radius 3 is 2.50 bits per heavy atom. The maximum absolute atomic E-state index is 13.1. The summed E-state index contributed by atoms with van der Waals surface area (Å²) in [5.74, 6) is -0.552. The van der Waals surface area contributed by atoms with Crippen molar-refractivity contribution in [3.63, 3.8) is 0 Å². The van der Waals surface area contributed by atoms with E-state index < -0.39 is 0 Å². The van der Waals surface area contributed by atoms with Crippen molar-refractivity contribution in [1.29, 1.82) is 0 Å². The number of thiophene rings is 1. The summed E-state index contributed by atoms with van der Waals surface area (Å²) in [6, 6.07) is 9.02. The number of hydrogen-bond acceptors (Lipinski definition) is 4. The second-order valence-electron chi connectivity index (χ2n) is 5.68. The van der Waals surface area contributed by atoms with Crippen LogP contribution in [0.2, 0.25) is 5.02 Å². The molecule has 0 radical (unpaired) electrons. The van der Waals surface area contributed by atoms with Crippen molar-refractivity contribution in [2.45, 2.75) is 26.0 Å². The van der Waals surface area contributed by atoms with Gasteiger partial charge in [-0.2, -0.15) is 0 Å². The molecule has 0 spiro atoms. The highest BCUT2D eigenvalue weighted by molar-refractivity contribution is 8.04. The molecule has 124 valence electrons. The van der Waals surface area contributed by atoms with Crippen molar-refractivity contribution in [2.24, 2.45) is 0 Å². The van der Waals surface area contributed by atoms with E-state index in [2.05, 4.69) is 0 Å². The van der Waals surface area contributed by atoms with Crippen LogP contribution in [0.3, 0.4) is 0 Å². The minimum atomic E-state index is -0.282. The third kappa shape index (κ3) is 2.92. The van der Waals surface area contributed by atoms with Gasteiger partial charge in [0.2, 0.25) is 0 Å². The number of rotatable bonds is 4. The maximum atomic E-state index is 13.1. The zero-order chi connectivity index (χ0) is 17.4.